The Labute approximate surface area is 168 Å². The number of rotatable bonds is 6. The van der Waals surface area contributed by atoms with Gasteiger partial charge in [0.25, 0.3) is 15.9 Å². The second-order valence-corrected chi connectivity index (χ2v) is 7.97. The Hall–Kier alpha value is -3.65. The molecule has 0 atom stereocenters. The quantitative estimate of drug-likeness (QED) is 0.579. The van der Waals surface area contributed by atoms with E-state index < -0.39 is 21.8 Å². The molecule has 0 aliphatic rings. The average molecular weight is 409 g/mol. The number of primary amides is 1. The highest BCUT2D eigenvalue weighted by molar-refractivity contribution is 7.92. The van der Waals surface area contributed by atoms with Crippen LogP contribution >= 0.6 is 0 Å². The van der Waals surface area contributed by atoms with Crippen molar-refractivity contribution >= 4 is 33.2 Å². The van der Waals surface area contributed by atoms with Crippen molar-refractivity contribution in [3.8, 4) is 0 Å². The molecule has 0 heterocycles. The lowest BCUT2D eigenvalue weighted by Crippen LogP contribution is -2.17. The number of carbonyl (C=O) groups excluding carboxylic acids is 2. The van der Waals surface area contributed by atoms with Gasteiger partial charge in [0, 0.05) is 22.5 Å². The molecule has 148 valence electrons. The fourth-order valence-electron chi connectivity index (χ4n) is 2.74. The number of anilines is 2. The van der Waals surface area contributed by atoms with Gasteiger partial charge in [-0.15, -0.1) is 0 Å². The maximum Gasteiger partial charge on any atom is 0.261 e. The van der Waals surface area contributed by atoms with Gasteiger partial charge in [-0.1, -0.05) is 24.3 Å². The summed E-state index contributed by atoms with van der Waals surface area (Å²) in [6.07, 6.45) is 0. The Bertz CT molecular complexity index is 1160. The minimum atomic E-state index is -3.77. The smallest absolute Gasteiger partial charge is 0.261 e. The van der Waals surface area contributed by atoms with Crippen LogP contribution in [0.1, 0.15) is 26.3 Å². The van der Waals surface area contributed by atoms with Gasteiger partial charge in [-0.2, -0.15) is 0 Å². The van der Waals surface area contributed by atoms with Crippen molar-refractivity contribution in [3.05, 3.63) is 89.5 Å². The molecule has 3 aromatic carbocycles. The monoisotopic (exact) mass is 409 g/mol. The molecular formula is C21H19N3O4S. The maximum absolute atomic E-state index is 12.5. The van der Waals surface area contributed by atoms with Gasteiger partial charge in [-0.3, -0.25) is 14.3 Å². The van der Waals surface area contributed by atoms with Crippen LogP contribution in [0.4, 0.5) is 11.4 Å². The van der Waals surface area contributed by atoms with E-state index in [2.05, 4.69) is 10.0 Å². The van der Waals surface area contributed by atoms with Crippen molar-refractivity contribution in [1.29, 1.82) is 0 Å². The van der Waals surface area contributed by atoms with Crippen molar-refractivity contribution < 1.29 is 18.0 Å². The Morgan fingerprint density at radius 3 is 2.14 bits per heavy atom. The van der Waals surface area contributed by atoms with Gasteiger partial charge in [-0.25, -0.2) is 8.42 Å². The minimum Gasteiger partial charge on any atom is -0.366 e. The van der Waals surface area contributed by atoms with Crippen LogP contribution in [0.15, 0.2) is 77.7 Å². The summed E-state index contributed by atoms with van der Waals surface area (Å²) in [4.78, 5) is 24.0. The Balaban J connectivity index is 1.77. The molecule has 29 heavy (non-hydrogen) atoms. The number of nitrogens with one attached hydrogen (secondary N) is 2. The molecule has 4 N–H and O–H groups in total. The third-order valence-electron chi connectivity index (χ3n) is 4.30. The number of hydrogen-bond acceptors (Lipinski definition) is 4. The van der Waals surface area contributed by atoms with Gasteiger partial charge in [0.1, 0.15) is 0 Å². The largest absolute Gasteiger partial charge is 0.366 e. The number of amides is 2. The van der Waals surface area contributed by atoms with E-state index in [9.17, 15) is 18.0 Å². The molecule has 0 radical (unpaired) electrons. The van der Waals surface area contributed by atoms with Crippen LogP contribution < -0.4 is 15.8 Å². The topological polar surface area (TPSA) is 118 Å². The molecule has 7 nitrogen and oxygen atoms in total. The average Bonchev–Trinajstić information content (AvgIpc) is 2.70. The van der Waals surface area contributed by atoms with Crippen molar-refractivity contribution in [1.82, 2.24) is 0 Å². The molecule has 0 unspecified atom stereocenters. The van der Waals surface area contributed by atoms with Gasteiger partial charge >= 0.3 is 0 Å². The second kappa shape index (κ2) is 8.15. The molecule has 0 aliphatic carbocycles. The highest BCUT2D eigenvalue weighted by Gasteiger charge is 2.16. The van der Waals surface area contributed by atoms with Crippen molar-refractivity contribution in [2.24, 2.45) is 5.73 Å². The van der Waals surface area contributed by atoms with Crippen LogP contribution in [0.3, 0.4) is 0 Å². The molecule has 3 rings (SSSR count). The summed E-state index contributed by atoms with van der Waals surface area (Å²) < 4.78 is 27.4. The van der Waals surface area contributed by atoms with E-state index in [-0.39, 0.29) is 10.5 Å². The number of para-hydroxylation sites is 1. The zero-order valence-electron chi connectivity index (χ0n) is 15.5. The third kappa shape index (κ3) is 4.61. The minimum absolute atomic E-state index is 0.0322. The highest BCUT2D eigenvalue weighted by atomic mass is 32.2. The normalized spacial score (nSPS) is 10.9. The van der Waals surface area contributed by atoms with Gasteiger partial charge in [0.05, 0.1) is 4.90 Å². The van der Waals surface area contributed by atoms with Gasteiger partial charge in [-0.05, 0) is 61.0 Å². The van der Waals surface area contributed by atoms with Gasteiger partial charge < -0.3 is 11.1 Å². The summed E-state index contributed by atoms with van der Waals surface area (Å²) in [6.45, 7) is 1.68. The summed E-state index contributed by atoms with van der Waals surface area (Å²) >= 11 is 0. The molecule has 0 saturated carbocycles. The summed E-state index contributed by atoms with van der Waals surface area (Å²) in [5.74, 6) is -1.02. The molecule has 0 fully saturated rings. The van der Waals surface area contributed by atoms with Gasteiger partial charge in [0.15, 0.2) is 0 Å². The molecule has 0 spiro atoms. The predicted molar refractivity (Wildman–Crippen MR) is 111 cm³/mol. The standard InChI is InChI=1S/C21H19N3O4S/c1-14-18(20(22)25)8-5-9-19(14)23-21(26)15-10-12-17(13-11-15)29(27,28)24-16-6-3-2-4-7-16/h2-13,24H,1H3,(H2,22,25)(H,23,26). The van der Waals surface area contributed by atoms with Crippen LogP contribution in [0, 0.1) is 6.92 Å². The van der Waals surface area contributed by atoms with Crippen molar-refractivity contribution in [2.45, 2.75) is 11.8 Å². The van der Waals surface area contributed by atoms with Crippen molar-refractivity contribution in [3.63, 3.8) is 0 Å². The first-order valence-corrected chi connectivity index (χ1v) is 10.1. The zero-order valence-corrected chi connectivity index (χ0v) is 16.4. The maximum atomic E-state index is 12.5. The van der Waals surface area contributed by atoms with Crippen LogP contribution in [0.25, 0.3) is 0 Å². The summed E-state index contributed by atoms with van der Waals surface area (Å²) in [7, 11) is -3.77. The Morgan fingerprint density at radius 1 is 0.862 bits per heavy atom. The van der Waals surface area contributed by atoms with E-state index in [4.69, 9.17) is 5.73 Å². The first kappa shape index (κ1) is 20.1. The number of carbonyl (C=O) groups is 2. The first-order chi connectivity index (χ1) is 13.8. The lowest BCUT2D eigenvalue weighted by molar-refractivity contribution is 0.0995. The molecule has 0 aromatic heterocycles. The third-order valence-corrected chi connectivity index (χ3v) is 5.70. The van der Waals surface area contributed by atoms with Gasteiger partial charge in [0.2, 0.25) is 5.91 Å². The van der Waals surface area contributed by atoms with E-state index in [1.54, 1.807) is 55.5 Å². The molecule has 0 saturated heterocycles. The SMILES string of the molecule is Cc1c(NC(=O)c2ccc(S(=O)(=O)Nc3ccccc3)cc2)cccc1C(N)=O. The molecule has 0 bridgehead atoms. The molecule has 2 amide bonds. The van der Waals surface area contributed by atoms with E-state index in [1.165, 1.54) is 24.3 Å². The lowest BCUT2D eigenvalue weighted by atomic mass is 10.1. The molecule has 8 heteroatoms. The zero-order chi connectivity index (χ0) is 21.0. The number of nitrogens with two attached hydrogens (primary N) is 1. The first-order valence-electron chi connectivity index (χ1n) is 8.66. The fraction of sp³-hybridized carbons (Fsp3) is 0.0476. The van der Waals surface area contributed by atoms with E-state index >= 15 is 0 Å². The van der Waals surface area contributed by atoms with Crippen LogP contribution in [0.5, 0.6) is 0 Å². The van der Waals surface area contributed by atoms with E-state index in [0.717, 1.165) is 0 Å². The van der Waals surface area contributed by atoms with Crippen LogP contribution in [0.2, 0.25) is 0 Å². The summed E-state index contributed by atoms with van der Waals surface area (Å²) in [5, 5.41) is 2.71. The fourth-order valence-corrected chi connectivity index (χ4v) is 3.80. The van der Waals surface area contributed by atoms with Crippen LogP contribution in [-0.2, 0) is 10.0 Å². The summed E-state index contributed by atoms with van der Waals surface area (Å²) in [6, 6.07) is 18.9. The number of benzene rings is 3. The second-order valence-electron chi connectivity index (χ2n) is 6.29. The lowest BCUT2D eigenvalue weighted by Gasteiger charge is -2.11. The van der Waals surface area contributed by atoms with E-state index in [1.807, 2.05) is 0 Å². The predicted octanol–water partition coefficient (Wildman–Crippen LogP) is 3.15. The molecule has 0 aliphatic heterocycles. The van der Waals surface area contributed by atoms with Crippen molar-refractivity contribution in [2.75, 3.05) is 10.0 Å². The Kier molecular flexibility index (Phi) is 5.65. The number of sulfonamides is 1. The van der Waals surface area contributed by atoms with Crippen LogP contribution in [-0.4, -0.2) is 20.2 Å². The molecule has 3 aromatic rings. The summed E-state index contributed by atoms with van der Waals surface area (Å²) in [5.41, 5.74) is 7.36. The Morgan fingerprint density at radius 2 is 1.52 bits per heavy atom. The molecular weight excluding hydrogens is 390 g/mol. The van der Waals surface area contributed by atoms with E-state index in [0.29, 0.717) is 22.5 Å². The number of hydrogen-bond donors (Lipinski definition) is 3. The highest BCUT2D eigenvalue weighted by Crippen LogP contribution is 2.20.